The minimum absolute atomic E-state index is 0.110. The summed E-state index contributed by atoms with van der Waals surface area (Å²) in [6.45, 7) is 3.38. The average molecular weight is 372 g/mol. The Morgan fingerprint density at radius 1 is 1.23 bits per heavy atom. The van der Waals surface area contributed by atoms with Crippen LogP contribution in [-0.2, 0) is 30.6 Å². The molecule has 0 aliphatic carbocycles. The Morgan fingerprint density at radius 3 is 2.65 bits per heavy atom. The van der Waals surface area contributed by atoms with E-state index >= 15 is 0 Å². The van der Waals surface area contributed by atoms with Gasteiger partial charge in [-0.15, -0.1) is 11.3 Å². The largest absolute Gasteiger partial charge is 0.337 e. The van der Waals surface area contributed by atoms with E-state index in [9.17, 15) is 9.59 Å². The van der Waals surface area contributed by atoms with E-state index in [1.165, 1.54) is 29.7 Å². The van der Waals surface area contributed by atoms with Crippen molar-refractivity contribution in [2.75, 3.05) is 6.54 Å². The van der Waals surface area contributed by atoms with Gasteiger partial charge in [0.2, 0.25) is 5.91 Å². The van der Waals surface area contributed by atoms with Crippen LogP contribution >= 0.6 is 11.3 Å². The highest BCUT2D eigenvalue weighted by atomic mass is 32.1. The molecule has 1 aromatic carbocycles. The molecule has 26 heavy (non-hydrogen) atoms. The van der Waals surface area contributed by atoms with Crippen molar-refractivity contribution in [3.8, 4) is 0 Å². The van der Waals surface area contributed by atoms with E-state index in [0.29, 0.717) is 24.4 Å². The molecule has 0 bridgehead atoms. The fraction of sp³-hybridized carbons (Fsp3) is 0.400. The van der Waals surface area contributed by atoms with Gasteiger partial charge >= 0.3 is 0 Å². The number of fused-ring (bicyclic) bond motifs is 1. The number of hydrogen-bond acceptors (Lipinski definition) is 4. The summed E-state index contributed by atoms with van der Waals surface area (Å²) in [4.78, 5) is 27.6. The zero-order chi connectivity index (χ0) is 18.5. The van der Waals surface area contributed by atoms with Gasteiger partial charge in [0, 0.05) is 11.4 Å². The van der Waals surface area contributed by atoms with Gasteiger partial charge in [-0.2, -0.15) is 0 Å². The second kappa shape index (κ2) is 8.47. The van der Waals surface area contributed by atoms with Crippen LogP contribution < -0.4 is 5.48 Å². The molecule has 5 nitrogen and oxygen atoms in total. The lowest BCUT2D eigenvalue weighted by molar-refractivity contribution is -0.131. The van der Waals surface area contributed by atoms with Crippen LogP contribution in [0.5, 0.6) is 0 Å². The number of carbonyl (C=O) groups is 2. The number of thiophene rings is 1. The van der Waals surface area contributed by atoms with Crippen molar-refractivity contribution in [1.29, 1.82) is 0 Å². The first kappa shape index (κ1) is 18.6. The SMILES string of the molecule is CCCCc1ccc(CC(=O)N2CCc3cc(C(=O)NO)sc3C2)cc1. The van der Waals surface area contributed by atoms with E-state index in [1.54, 1.807) is 5.48 Å². The van der Waals surface area contributed by atoms with Gasteiger partial charge in [0.05, 0.1) is 17.8 Å². The van der Waals surface area contributed by atoms with Gasteiger partial charge in [-0.1, -0.05) is 37.6 Å². The monoisotopic (exact) mass is 372 g/mol. The Kier molecular flexibility index (Phi) is 6.06. The van der Waals surface area contributed by atoms with Crippen molar-refractivity contribution in [2.24, 2.45) is 0 Å². The molecule has 6 heteroatoms. The Bertz CT molecular complexity index is 783. The summed E-state index contributed by atoms with van der Waals surface area (Å²) >= 11 is 1.34. The summed E-state index contributed by atoms with van der Waals surface area (Å²) in [6, 6.07) is 10.1. The van der Waals surface area contributed by atoms with Gasteiger partial charge in [0.15, 0.2) is 0 Å². The highest BCUT2D eigenvalue weighted by Crippen LogP contribution is 2.28. The van der Waals surface area contributed by atoms with Crippen molar-refractivity contribution < 1.29 is 14.8 Å². The van der Waals surface area contributed by atoms with Crippen LogP contribution in [0.25, 0.3) is 0 Å². The van der Waals surface area contributed by atoms with Crippen molar-refractivity contribution in [3.05, 3.63) is 56.8 Å². The predicted molar refractivity (Wildman–Crippen MR) is 101 cm³/mol. The molecular weight excluding hydrogens is 348 g/mol. The van der Waals surface area contributed by atoms with Gasteiger partial charge in [0.25, 0.3) is 5.91 Å². The third-order valence-electron chi connectivity index (χ3n) is 4.76. The van der Waals surface area contributed by atoms with Crippen LogP contribution in [0.1, 0.15) is 51.0 Å². The first-order valence-electron chi connectivity index (χ1n) is 9.02. The summed E-state index contributed by atoms with van der Waals surface area (Å²) in [7, 11) is 0. The molecule has 0 spiro atoms. The topological polar surface area (TPSA) is 69.6 Å². The minimum atomic E-state index is -0.495. The molecule has 0 saturated heterocycles. The van der Waals surface area contributed by atoms with Crippen LogP contribution in [0, 0.1) is 0 Å². The third kappa shape index (κ3) is 4.31. The maximum absolute atomic E-state index is 12.6. The van der Waals surface area contributed by atoms with E-state index in [1.807, 2.05) is 23.1 Å². The Morgan fingerprint density at radius 2 is 1.96 bits per heavy atom. The molecule has 2 N–H and O–H groups in total. The number of hydroxylamine groups is 1. The maximum Gasteiger partial charge on any atom is 0.284 e. The van der Waals surface area contributed by atoms with E-state index in [-0.39, 0.29) is 5.91 Å². The smallest absolute Gasteiger partial charge is 0.284 e. The van der Waals surface area contributed by atoms with E-state index in [2.05, 4.69) is 19.1 Å². The van der Waals surface area contributed by atoms with Crippen LogP contribution in [0.3, 0.4) is 0 Å². The number of nitrogens with zero attached hydrogens (tertiary/aromatic N) is 1. The Balaban J connectivity index is 1.60. The standard InChI is InChI=1S/C20H24N2O3S/c1-2-3-4-14-5-7-15(8-6-14)11-19(23)22-10-9-16-12-17(20(24)21-25)26-18(16)13-22/h5-8,12,25H,2-4,9-11,13H2,1H3,(H,21,24). The molecule has 3 rings (SSSR count). The second-order valence-electron chi connectivity index (χ2n) is 6.66. The third-order valence-corrected chi connectivity index (χ3v) is 5.92. The molecule has 1 aliphatic heterocycles. The van der Waals surface area contributed by atoms with Crippen LogP contribution in [0.15, 0.2) is 30.3 Å². The molecule has 138 valence electrons. The minimum Gasteiger partial charge on any atom is -0.337 e. The number of nitrogens with one attached hydrogen (secondary N) is 1. The maximum atomic E-state index is 12.6. The molecule has 0 saturated carbocycles. The first-order chi connectivity index (χ1) is 12.6. The van der Waals surface area contributed by atoms with Crippen LogP contribution in [0.2, 0.25) is 0 Å². The predicted octanol–water partition coefficient (Wildman–Crippen LogP) is 3.34. The molecule has 1 aromatic heterocycles. The fourth-order valence-electron chi connectivity index (χ4n) is 3.19. The zero-order valence-electron chi connectivity index (χ0n) is 15.0. The van der Waals surface area contributed by atoms with Crippen LogP contribution in [-0.4, -0.2) is 28.5 Å². The lowest BCUT2D eigenvalue weighted by Gasteiger charge is -2.27. The van der Waals surface area contributed by atoms with Gasteiger partial charge in [0.1, 0.15) is 0 Å². The summed E-state index contributed by atoms with van der Waals surface area (Å²) < 4.78 is 0. The van der Waals surface area contributed by atoms with Gasteiger partial charge in [-0.3, -0.25) is 14.8 Å². The normalized spacial score (nSPS) is 13.4. The average Bonchev–Trinajstić information content (AvgIpc) is 3.10. The van der Waals surface area contributed by atoms with Crippen molar-refractivity contribution in [3.63, 3.8) is 0 Å². The number of benzene rings is 1. The first-order valence-corrected chi connectivity index (χ1v) is 9.84. The van der Waals surface area contributed by atoms with E-state index in [4.69, 9.17) is 5.21 Å². The summed E-state index contributed by atoms with van der Waals surface area (Å²) in [5.41, 5.74) is 5.11. The lowest BCUT2D eigenvalue weighted by atomic mass is 10.0. The molecule has 0 unspecified atom stereocenters. The quantitative estimate of drug-likeness (QED) is 0.604. The number of unbranched alkanes of at least 4 members (excludes halogenated alkanes) is 1. The molecule has 0 atom stereocenters. The van der Waals surface area contributed by atoms with Crippen molar-refractivity contribution in [2.45, 2.75) is 45.6 Å². The highest BCUT2D eigenvalue weighted by Gasteiger charge is 2.24. The number of rotatable bonds is 6. The summed E-state index contributed by atoms with van der Waals surface area (Å²) in [5, 5.41) is 8.76. The molecule has 2 aromatic rings. The number of aryl methyl sites for hydroxylation is 1. The molecule has 1 aliphatic rings. The van der Waals surface area contributed by atoms with Gasteiger partial charge < -0.3 is 4.90 Å². The second-order valence-corrected chi connectivity index (χ2v) is 7.80. The zero-order valence-corrected chi connectivity index (χ0v) is 15.8. The number of hydrogen-bond donors (Lipinski definition) is 2. The number of carbonyl (C=O) groups excluding carboxylic acids is 2. The lowest BCUT2D eigenvalue weighted by Crippen LogP contribution is -2.36. The Labute approximate surface area is 157 Å². The van der Waals surface area contributed by atoms with E-state index < -0.39 is 5.91 Å². The molecule has 0 fully saturated rings. The highest BCUT2D eigenvalue weighted by molar-refractivity contribution is 7.14. The number of amides is 2. The van der Waals surface area contributed by atoms with Crippen molar-refractivity contribution in [1.82, 2.24) is 10.4 Å². The summed E-state index contributed by atoms with van der Waals surface area (Å²) in [6.07, 6.45) is 4.60. The fourth-order valence-corrected chi connectivity index (χ4v) is 4.31. The molecule has 2 amide bonds. The van der Waals surface area contributed by atoms with Crippen LogP contribution in [0.4, 0.5) is 0 Å². The van der Waals surface area contributed by atoms with Gasteiger partial charge in [-0.05, 0) is 42.0 Å². The molecule has 2 heterocycles. The molecule has 0 radical (unpaired) electrons. The Hall–Kier alpha value is -2.18. The van der Waals surface area contributed by atoms with E-state index in [0.717, 1.165) is 28.8 Å². The van der Waals surface area contributed by atoms with Crippen molar-refractivity contribution >= 4 is 23.2 Å². The van der Waals surface area contributed by atoms with Gasteiger partial charge in [-0.25, -0.2) is 5.48 Å². The molecular formula is C20H24N2O3S. The summed E-state index contributed by atoms with van der Waals surface area (Å²) in [5.74, 6) is -0.385.